The molecule has 1 aliphatic rings. The number of carbonyl (C=O) groups excluding carboxylic acids is 1. The Bertz CT molecular complexity index is 439. The summed E-state index contributed by atoms with van der Waals surface area (Å²) >= 11 is 0. The van der Waals surface area contributed by atoms with Crippen LogP contribution in [0.4, 0.5) is 5.69 Å². The molecule has 5 heteroatoms. The zero-order chi connectivity index (χ0) is 10.1. The number of hydrogen-bond acceptors (Lipinski definition) is 4. The number of carboxylic acid groups (broad SMARTS) is 1. The minimum absolute atomic E-state index is 0.266. The molecule has 1 aliphatic heterocycles. The Balaban J connectivity index is 2.50. The first-order chi connectivity index (χ1) is 6.70. The summed E-state index contributed by atoms with van der Waals surface area (Å²) in [5, 5.41) is 8.70. The van der Waals surface area contributed by atoms with Gasteiger partial charge in [-0.3, -0.25) is 19.6 Å². The van der Waals surface area contributed by atoms with E-state index in [2.05, 4.69) is 9.98 Å². The second kappa shape index (κ2) is 3.02. The first-order valence-electron chi connectivity index (χ1n) is 3.95. The molecule has 0 fully saturated rings. The summed E-state index contributed by atoms with van der Waals surface area (Å²) in [5.41, 5.74) is 0.741. The summed E-state index contributed by atoms with van der Waals surface area (Å²) in [7, 11) is 0. The zero-order valence-corrected chi connectivity index (χ0v) is 7.04. The molecule has 0 saturated heterocycles. The summed E-state index contributed by atoms with van der Waals surface area (Å²) in [5.74, 6) is -2.82. The lowest BCUT2D eigenvalue weighted by Crippen LogP contribution is -2.27. The number of hydrogen-bond donors (Lipinski definition) is 1. The van der Waals surface area contributed by atoms with Crippen molar-refractivity contribution in [1.29, 1.82) is 0 Å². The molecule has 0 spiro atoms. The lowest BCUT2D eigenvalue weighted by Gasteiger charge is -2.12. The van der Waals surface area contributed by atoms with Crippen LogP contribution < -0.4 is 0 Å². The van der Waals surface area contributed by atoms with Crippen LogP contribution in [0.3, 0.4) is 0 Å². The highest BCUT2D eigenvalue weighted by molar-refractivity contribution is 6.21. The van der Waals surface area contributed by atoms with Gasteiger partial charge in [0.15, 0.2) is 11.7 Å². The predicted molar refractivity (Wildman–Crippen MR) is 47.8 cm³/mol. The molecule has 0 amide bonds. The van der Waals surface area contributed by atoms with E-state index in [1.165, 1.54) is 12.4 Å². The third-order valence-corrected chi connectivity index (χ3v) is 1.97. The van der Waals surface area contributed by atoms with Crippen molar-refractivity contribution in [3.8, 4) is 0 Å². The maximum Gasteiger partial charge on any atom is 0.319 e. The number of Topliss-reactive ketones (excluding diaryl/α,β-unsaturated/α-hetero) is 1. The first-order valence-corrected chi connectivity index (χ1v) is 3.95. The molecule has 14 heavy (non-hydrogen) atoms. The monoisotopic (exact) mass is 190 g/mol. The van der Waals surface area contributed by atoms with Crippen LogP contribution in [0.5, 0.6) is 0 Å². The molecule has 70 valence electrons. The van der Waals surface area contributed by atoms with Crippen LogP contribution in [0.25, 0.3) is 0 Å². The molecular formula is C9H6N2O3. The second-order valence-corrected chi connectivity index (χ2v) is 2.85. The number of aromatic nitrogens is 1. The van der Waals surface area contributed by atoms with Gasteiger partial charge < -0.3 is 5.11 Å². The lowest BCUT2D eigenvalue weighted by atomic mass is 9.96. The smallest absolute Gasteiger partial charge is 0.319 e. The van der Waals surface area contributed by atoms with Gasteiger partial charge in [0.25, 0.3) is 0 Å². The Kier molecular flexibility index (Phi) is 1.85. The Morgan fingerprint density at radius 1 is 1.50 bits per heavy atom. The van der Waals surface area contributed by atoms with Crippen LogP contribution in [-0.4, -0.2) is 28.1 Å². The van der Waals surface area contributed by atoms with E-state index < -0.39 is 17.7 Å². The van der Waals surface area contributed by atoms with E-state index in [1.807, 2.05) is 0 Å². The normalized spacial score (nSPS) is 19.1. The standard InChI is InChI=1S/C9H6N2O3/c12-8-5-3-10-2-1-7(5)11-4-6(8)9(13)14/h1-4,6H,(H,13,14). The van der Waals surface area contributed by atoms with Gasteiger partial charge in [-0.25, -0.2) is 0 Å². The Labute approximate surface area is 79.1 Å². The van der Waals surface area contributed by atoms with Crippen molar-refractivity contribution in [2.75, 3.05) is 0 Å². The number of nitrogens with zero attached hydrogens (tertiary/aromatic N) is 2. The summed E-state index contributed by atoms with van der Waals surface area (Å²) < 4.78 is 0. The van der Waals surface area contributed by atoms with Crippen LogP contribution in [0.2, 0.25) is 0 Å². The fourth-order valence-corrected chi connectivity index (χ4v) is 1.26. The molecule has 5 nitrogen and oxygen atoms in total. The third-order valence-electron chi connectivity index (χ3n) is 1.97. The summed E-state index contributed by atoms with van der Waals surface area (Å²) in [6, 6.07) is 1.57. The summed E-state index contributed by atoms with van der Waals surface area (Å²) in [6.45, 7) is 0. The SMILES string of the molecule is O=C(O)C1C=Nc2ccncc2C1=O. The average molecular weight is 190 g/mol. The summed E-state index contributed by atoms with van der Waals surface area (Å²) in [4.78, 5) is 29.8. The topological polar surface area (TPSA) is 79.6 Å². The highest BCUT2D eigenvalue weighted by Crippen LogP contribution is 2.24. The number of aliphatic carboxylic acids is 1. The molecule has 2 heterocycles. The van der Waals surface area contributed by atoms with Gasteiger partial charge in [-0.05, 0) is 6.07 Å². The van der Waals surface area contributed by atoms with Crippen LogP contribution in [0, 0.1) is 5.92 Å². The van der Waals surface area contributed by atoms with Crippen LogP contribution in [0.15, 0.2) is 23.5 Å². The van der Waals surface area contributed by atoms with E-state index in [0.717, 1.165) is 6.21 Å². The fraction of sp³-hybridized carbons (Fsp3) is 0.111. The summed E-state index contributed by atoms with van der Waals surface area (Å²) in [6.07, 6.45) is 3.99. The van der Waals surface area contributed by atoms with Crippen molar-refractivity contribution in [2.45, 2.75) is 0 Å². The first kappa shape index (κ1) is 8.55. The fourth-order valence-electron chi connectivity index (χ4n) is 1.26. The van der Waals surface area contributed by atoms with Crippen molar-refractivity contribution in [3.63, 3.8) is 0 Å². The number of carbonyl (C=O) groups is 2. The minimum Gasteiger partial charge on any atom is -0.480 e. The number of carboxylic acids is 1. The van der Waals surface area contributed by atoms with E-state index in [9.17, 15) is 9.59 Å². The van der Waals surface area contributed by atoms with Gasteiger partial charge in [-0.1, -0.05) is 0 Å². The van der Waals surface area contributed by atoms with Crippen LogP contribution in [0.1, 0.15) is 10.4 Å². The number of aliphatic imine (C=N–C) groups is 1. The van der Waals surface area contributed by atoms with Gasteiger partial charge in [0.1, 0.15) is 0 Å². The van der Waals surface area contributed by atoms with Crippen molar-refractivity contribution in [3.05, 3.63) is 24.0 Å². The molecule has 1 N–H and O–H groups in total. The van der Waals surface area contributed by atoms with Crippen LogP contribution in [-0.2, 0) is 4.79 Å². The average Bonchev–Trinajstić information content (AvgIpc) is 2.18. The van der Waals surface area contributed by atoms with Crippen molar-refractivity contribution in [1.82, 2.24) is 4.98 Å². The molecule has 0 aromatic carbocycles. The van der Waals surface area contributed by atoms with Gasteiger partial charge in [0, 0.05) is 18.6 Å². The van der Waals surface area contributed by atoms with Gasteiger partial charge >= 0.3 is 5.97 Å². The predicted octanol–water partition coefficient (Wildman–Crippen LogP) is 0.681. The Hall–Kier alpha value is -2.04. The quantitative estimate of drug-likeness (QED) is 0.660. The maximum absolute atomic E-state index is 11.5. The lowest BCUT2D eigenvalue weighted by molar-refractivity contribution is -0.137. The molecule has 0 radical (unpaired) electrons. The molecule has 1 aromatic heterocycles. The second-order valence-electron chi connectivity index (χ2n) is 2.85. The highest BCUT2D eigenvalue weighted by Gasteiger charge is 2.30. The van der Waals surface area contributed by atoms with Crippen molar-refractivity contribution >= 4 is 23.7 Å². The maximum atomic E-state index is 11.5. The van der Waals surface area contributed by atoms with E-state index in [1.54, 1.807) is 6.07 Å². The number of pyridine rings is 1. The molecule has 1 unspecified atom stereocenters. The zero-order valence-electron chi connectivity index (χ0n) is 7.04. The van der Waals surface area contributed by atoms with Crippen molar-refractivity contribution < 1.29 is 14.7 Å². The van der Waals surface area contributed by atoms with Gasteiger partial charge in [0.05, 0.1) is 11.3 Å². The number of rotatable bonds is 1. The van der Waals surface area contributed by atoms with Gasteiger partial charge in [-0.2, -0.15) is 0 Å². The van der Waals surface area contributed by atoms with E-state index >= 15 is 0 Å². The molecule has 0 bridgehead atoms. The molecule has 2 rings (SSSR count). The molecule has 1 atom stereocenters. The number of ketones is 1. The van der Waals surface area contributed by atoms with Gasteiger partial charge in [-0.15, -0.1) is 0 Å². The Morgan fingerprint density at radius 2 is 2.29 bits per heavy atom. The highest BCUT2D eigenvalue weighted by atomic mass is 16.4. The number of fused-ring (bicyclic) bond motifs is 1. The van der Waals surface area contributed by atoms with Crippen LogP contribution >= 0.6 is 0 Å². The molecule has 1 aromatic rings. The molecule has 0 aliphatic carbocycles. The van der Waals surface area contributed by atoms with Gasteiger partial charge in [0.2, 0.25) is 0 Å². The van der Waals surface area contributed by atoms with Crippen molar-refractivity contribution in [2.24, 2.45) is 10.9 Å². The van der Waals surface area contributed by atoms with E-state index in [0.29, 0.717) is 5.69 Å². The molecule has 0 saturated carbocycles. The largest absolute Gasteiger partial charge is 0.480 e. The third kappa shape index (κ3) is 1.19. The minimum atomic E-state index is -1.19. The van der Waals surface area contributed by atoms with E-state index in [4.69, 9.17) is 5.11 Å². The van der Waals surface area contributed by atoms with E-state index in [-0.39, 0.29) is 5.56 Å². The molecular weight excluding hydrogens is 184 g/mol. The Morgan fingerprint density at radius 3 is 3.00 bits per heavy atom.